The van der Waals surface area contributed by atoms with Gasteiger partial charge in [0.25, 0.3) is 5.91 Å². The third-order valence-electron chi connectivity index (χ3n) is 2.82. The maximum absolute atomic E-state index is 12.2. The predicted octanol–water partition coefficient (Wildman–Crippen LogP) is 1.25. The predicted molar refractivity (Wildman–Crippen MR) is 82.1 cm³/mol. The molecule has 4 N–H and O–H groups in total. The van der Waals surface area contributed by atoms with Crippen molar-refractivity contribution in [3.8, 4) is 11.8 Å². The molecule has 1 aromatic carbocycles. The maximum atomic E-state index is 12.2. The zero-order valence-electron chi connectivity index (χ0n) is 11.6. The molecule has 2 rings (SSSR count). The highest BCUT2D eigenvalue weighted by Gasteiger charge is 2.11. The van der Waals surface area contributed by atoms with Crippen LogP contribution in [-0.4, -0.2) is 17.4 Å². The van der Waals surface area contributed by atoms with E-state index in [4.69, 9.17) is 5.73 Å². The molecule has 0 bridgehead atoms. The van der Waals surface area contributed by atoms with Gasteiger partial charge in [0.05, 0.1) is 12.2 Å². The average molecular weight is 281 g/mol. The molecule has 2 aromatic rings. The molecule has 1 aromatic heterocycles. The van der Waals surface area contributed by atoms with E-state index in [2.05, 4.69) is 22.1 Å². The molecular weight excluding hydrogens is 266 g/mol. The van der Waals surface area contributed by atoms with Gasteiger partial charge < -0.3 is 16.0 Å². The SMILES string of the molecule is Cc1ccc(C#CCN)c(NC(=O)c2c[nH]ccc2=O)c1. The van der Waals surface area contributed by atoms with Gasteiger partial charge in [-0.1, -0.05) is 17.9 Å². The summed E-state index contributed by atoms with van der Waals surface area (Å²) in [6.45, 7) is 2.14. The highest BCUT2D eigenvalue weighted by molar-refractivity contribution is 6.04. The summed E-state index contributed by atoms with van der Waals surface area (Å²) in [6.07, 6.45) is 2.85. The van der Waals surface area contributed by atoms with Crippen molar-refractivity contribution in [3.05, 3.63) is 63.6 Å². The molecule has 0 radical (unpaired) electrons. The Bertz CT molecular complexity index is 782. The molecule has 0 atom stereocenters. The van der Waals surface area contributed by atoms with Gasteiger partial charge >= 0.3 is 0 Å². The van der Waals surface area contributed by atoms with Crippen LogP contribution in [0.25, 0.3) is 0 Å². The van der Waals surface area contributed by atoms with Crippen LogP contribution in [-0.2, 0) is 0 Å². The van der Waals surface area contributed by atoms with Crippen LogP contribution in [0.15, 0.2) is 41.5 Å². The molecule has 0 saturated heterocycles. The summed E-state index contributed by atoms with van der Waals surface area (Å²) in [5, 5.41) is 2.72. The van der Waals surface area contributed by atoms with Crippen molar-refractivity contribution in [2.75, 3.05) is 11.9 Å². The lowest BCUT2D eigenvalue weighted by Crippen LogP contribution is -2.21. The minimum Gasteiger partial charge on any atom is -0.367 e. The Morgan fingerprint density at radius 1 is 1.38 bits per heavy atom. The first-order valence-electron chi connectivity index (χ1n) is 6.40. The number of anilines is 1. The van der Waals surface area contributed by atoms with Crippen molar-refractivity contribution in [1.82, 2.24) is 4.98 Å². The molecule has 1 heterocycles. The number of pyridine rings is 1. The molecule has 0 fully saturated rings. The number of rotatable bonds is 2. The van der Waals surface area contributed by atoms with Gasteiger partial charge in [0.1, 0.15) is 5.56 Å². The monoisotopic (exact) mass is 281 g/mol. The summed E-state index contributed by atoms with van der Waals surface area (Å²) in [7, 11) is 0. The summed E-state index contributed by atoms with van der Waals surface area (Å²) in [6, 6.07) is 6.81. The fourth-order valence-corrected chi connectivity index (χ4v) is 1.80. The number of hydrogen-bond acceptors (Lipinski definition) is 3. The summed E-state index contributed by atoms with van der Waals surface area (Å²) in [5.41, 5.74) is 7.27. The van der Waals surface area contributed by atoms with Gasteiger partial charge in [-0.05, 0) is 24.6 Å². The Balaban J connectivity index is 2.35. The molecule has 1 amide bonds. The Kier molecular flexibility index (Phi) is 4.54. The first kappa shape index (κ1) is 14.6. The number of aromatic amines is 1. The number of nitrogens with two attached hydrogens (primary N) is 1. The summed E-state index contributed by atoms with van der Waals surface area (Å²) in [5.74, 6) is 5.17. The first-order valence-corrected chi connectivity index (χ1v) is 6.40. The number of amides is 1. The molecule has 106 valence electrons. The highest BCUT2D eigenvalue weighted by Crippen LogP contribution is 2.17. The Morgan fingerprint density at radius 2 is 2.19 bits per heavy atom. The van der Waals surface area contributed by atoms with E-state index in [0.717, 1.165) is 5.56 Å². The second-order valence-electron chi connectivity index (χ2n) is 4.43. The van der Waals surface area contributed by atoms with E-state index >= 15 is 0 Å². The van der Waals surface area contributed by atoms with E-state index in [1.165, 1.54) is 18.5 Å². The summed E-state index contributed by atoms with van der Waals surface area (Å²) >= 11 is 0. The van der Waals surface area contributed by atoms with Gasteiger partial charge in [0.15, 0.2) is 5.43 Å². The van der Waals surface area contributed by atoms with Crippen molar-refractivity contribution in [1.29, 1.82) is 0 Å². The average Bonchev–Trinajstić information content (AvgIpc) is 2.47. The molecule has 0 unspecified atom stereocenters. The lowest BCUT2D eigenvalue weighted by Gasteiger charge is -2.08. The first-order chi connectivity index (χ1) is 10.1. The number of H-pyrrole nitrogens is 1. The summed E-state index contributed by atoms with van der Waals surface area (Å²) in [4.78, 5) is 26.5. The largest absolute Gasteiger partial charge is 0.367 e. The van der Waals surface area contributed by atoms with Crippen molar-refractivity contribution in [3.63, 3.8) is 0 Å². The molecule has 0 aliphatic heterocycles. The van der Waals surface area contributed by atoms with E-state index in [1.807, 2.05) is 19.1 Å². The molecular formula is C16H15N3O2. The van der Waals surface area contributed by atoms with Gasteiger partial charge in [-0.15, -0.1) is 0 Å². The van der Waals surface area contributed by atoms with Crippen LogP contribution in [0.3, 0.4) is 0 Å². The number of carbonyl (C=O) groups excluding carboxylic acids is 1. The summed E-state index contributed by atoms with van der Waals surface area (Å²) < 4.78 is 0. The van der Waals surface area contributed by atoms with E-state index in [1.54, 1.807) is 6.07 Å². The van der Waals surface area contributed by atoms with Crippen molar-refractivity contribution in [2.45, 2.75) is 6.92 Å². The number of nitrogens with one attached hydrogen (secondary N) is 2. The van der Waals surface area contributed by atoms with E-state index in [9.17, 15) is 9.59 Å². The van der Waals surface area contributed by atoms with E-state index < -0.39 is 5.91 Å². The standard InChI is InChI=1S/C16H15N3O2/c1-11-4-5-12(3-2-7-17)14(9-11)19-16(21)13-10-18-8-6-15(13)20/h4-6,8-10H,7,17H2,1H3,(H,18,20)(H,19,21). The minimum atomic E-state index is -0.474. The molecule has 5 heteroatoms. The zero-order chi connectivity index (χ0) is 15.2. The van der Waals surface area contributed by atoms with Crippen molar-refractivity contribution in [2.24, 2.45) is 5.73 Å². The van der Waals surface area contributed by atoms with Crippen molar-refractivity contribution < 1.29 is 4.79 Å². The highest BCUT2D eigenvalue weighted by atomic mass is 16.2. The number of hydrogen-bond donors (Lipinski definition) is 3. The second kappa shape index (κ2) is 6.55. The quantitative estimate of drug-likeness (QED) is 0.724. The van der Waals surface area contributed by atoms with Crippen LogP contribution in [0.1, 0.15) is 21.5 Å². The third kappa shape index (κ3) is 3.59. The molecule has 0 saturated carbocycles. The normalized spacial score (nSPS) is 9.62. The number of carbonyl (C=O) groups is 1. The van der Waals surface area contributed by atoms with Crippen LogP contribution in [0.5, 0.6) is 0 Å². The Labute approximate surface area is 122 Å². The number of aryl methyl sites for hydroxylation is 1. The van der Waals surface area contributed by atoms with Crippen LogP contribution in [0.4, 0.5) is 5.69 Å². The zero-order valence-corrected chi connectivity index (χ0v) is 11.6. The lowest BCUT2D eigenvalue weighted by atomic mass is 10.1. The lowest BCUT2D eigenvalue weighted by molar-refractivity contribution is 0.102. The number of benzene rings is 1. The maximum Gasteiger partial charge on any atom is 0.261 e. The van der Waals surface area contributed by atoms with Gasteiger partial charge in [-0.25, -0.2) is 0 Å². The van der Waals surface area contributed by atoms with E-state index in [-0.39, 0.29) is 17.5 Å². The molecule has 0 aliphatic rings. The molecule has 21 heavy (non-hydrogen) atoms. The smallest absolute Gasteiger partial charge is 0.261 e. The van der Waals surface area contributed by atoms with Gasteiger partial charge in [0.2, 0.25) is 0 Å². The fourth-order valence-electron chi connectivity index (χ4n) is 1.80. The van der Waals surface area contributed by atoms with Crippen LogP contribution in [0.2, 0.25) is 0 Å². The Morgan fingerprint density at radius 3 is 2.90 bits per heavy atom. The minimum absolute atomic E-state index is 0.0525. The topological polar surface area (TPSA) is 88.0 Å². The third-order valence-corrected chi connectivity index (χ3v) is 2.82. The fraction of sp³-hybridized carbons (Fsp3) is 0.125. The molecule has 0 aliphatic carbocycles. The van der Waals surface area contributed by atoms with Gasteiger partial charge in [-0.2, -0.15) is 0 Å². The van der Waals surface area contributed by atoms with E-state index in [0.29, 0.717) is 11.3 Å². The van der Waals surface area contributed by atoms with Crippen LogP contribution < -0.4 is 16.5 Å². The van der Waals surface area contributed by atoms with Crippen molar-refractivity contribution >= 4 is 11.6 Å². The Hall–Kier alpha value is -2.84. The molecule has 5 nitrogen and oxygen atoms in total. The van der Waals surface area contributed by atoms with Crippen LogP contribution in [0, 0.1) is 18.8 Å². The van der Waals surface area contributed by atoms with Gasteiger partial charge in [-0.3, -0.25) is 9.59 Å². The second-order valence-corrected chi connectivity index (χ2v) is 4.43. The number of aromatic nitrogens is 1. The van der Waals surface area contributed by atoms with Crippen LogP contribution >= 0.6 is 0 Å². The molecule has 0 spiro atoms. The van der Waals surface area contributed by atoms with Gasteiger partial charge in [0, 0.05) is 24.0 Å².